The first-order valence-corrected chi connectivity index (χ1v) is 7.73. The van der Waals surface area contributed by atoms with Gasteiger partial charge in [0, 0.05) is 14.1 Å². The van der Waals surface area contributed by atoms with Crippen molar-refractivity contribution in [1.82, 2.24) is 4.31 Å². The summed E-state index contributed by atoms with van der Waals surface area (Å²) < 4.78 is 31.0. The number of benzene rings is 2. The molecule has 1 aromatic heterocycles. The highest BCUT2D eigenvalue weighted by atomic mass is 32.2. The Kier molecular flexibility index (Phi) is 3.07. The molecular weight excluding hydrogens is 290 g/mol. The molecule has 0 fully saturated rings. The molecule has 0 atom stereocenters. The Labute approximate surface area is 121 Å². The van der Waals surface area contributed by atoms with Gasteiger partial charge in [0.05, 0.1) is 15.7 Å². The minimum atomic E-state index is -3.59. The summed E-state index contributed by atoms with van der Waals surface area (Å²) in [6.45, 7) is 0. The second kappa shape index (κ2) is 4.68. The lowest BCUT2D eigenvalue weighted by Crippen LogP contribution is -2.22. The van der Waals surface area contributed by atoms with Gasteiger partial charge < -0.3 is 4.42 Å². The van der Waals surface area contributed by atoms with Crippen LogP contribution in [0.15, 0.2) is 56.6 Å². The molecule has 0 N–H and O–H groups in total. The number of hydrogen-bond acceptors (Lipinski definition) is 4. The first-order chi connectivity index (χ1) is 9.91. The second-order valence-corrected chi connectivity index (χ2v) is 7.02. The third-order valence-electron chi connectivity index (χ3n) is 3.33. The first-order valence-electron chi connectivity index (χ1n) is 6.29. The zero-order valence-corrected chi connectivity index (χ0v) is 12.3. The normalized spacial score (nSPS) is 12.3. The largest absolute Gasteiger partial charge is 0.456 e. The molecular formula is C15H13NO4S. The maximum Gasteiger partial charge on any atom is 0.242 e. The molecule has 5 nitrogen and oxygen atoms in total. The summed E-state index contributed by atoms with van der Waals surface area (Å²) in [6.07, 6.45) is 0. The fourth-order valence-corrected chi connectivity index (χ4v) is 3.08. The Hall–Kier alpha value is -2.18. The van der Waals surface area contributed by atoms with Crippen molar-refractivity contribution in [2.75, 3.05) is 14.1 Å². The van der Waals surface area contributed by atoms with Crippen LogP contribution in [0.25, 0.3) is 21.9 Å². The van der Waals surface area contributed by atoms with Gasteiger partial charge >= 0.3 is 0 Å². The van der Waals surface area contributed by atoms with Crippen molar-refractivity contribution in [3.05, 3.63) is 52.7 Å². The van der Waals surface area contributed by atoms with Gasteiger partial charge in [-0.3, -0.25) is 4.79 Å². The fraction of sp³-hybridized carbons (Fsp3) is 0.133. The van der Waals surface area contributed by atoms with E-state index in [1.54, 1.807) is 24.3 Å². The molecule has 2 aromatic carbocycles. The molecule has 3 rings (SSSR count). The SMILES string of the molecule is CN(C)S(=O)(=O)c1ccc2oc3ccccc3c(=O)c2c1. The molecule has 108 valence electrons. The van der Waals surface area contributed by atoms with E-state index in [1.807, 2.05) is 0 Å². The average Bonchev–Trinajstić information content (AvgIpc) is 2.47. The van der Waals surface area contributed by atoms with Crippen molar-refractivity contribution in [2.45, 2.75) is 4.90 Å². The van der Waals surface area contributed by atoms with Crippen LogP contribution in [0.4, 0.5) is 0 Å². The van der Waals surface area contributed by atoms with Crippen LogP contribution in [0.5, 0.6) is 0 Å². The van der Waals surface area contributed by atoms with Crippen molar-refractivity contribution in [2.24, 2.45) is 0 Å². The predicted octanol–water partition coefficient (Wildman–Crippen LogP) is 2.20. The number of nitrogens with zero attached hydrogens (tertiary/aromatic N) is 1. The molecule has 0 aliphatic heterocycles. The van der Waals surface area contributed by atoms with Crippen LogP contribution in [0.2, 0.25) is 0 Å². The van der Waals surface area contributed by atoms with E-state index in [0.29, 0.717) is 16.6 Å². The lowest BCUT2D eigenvalue weighted by Gasteiger charge is -2.11. The Bertz CT molecular complexity index is 1000. The quantitative estimate of drug-likeness (QED) is 0.681. The maximum absolute atomic E-state index is 12.5. The fourth-order valence-electron chi connectivity index (χ4n) is 2.15. The lowest BCUT2D eigenvalue weighted by molar-refractivity contribution is 0.521. The van der Waals surface area contributed by atoms with Gasteiger partial charge in [-0.25, -0.2) is 12.7 Å². The van der Waals surface area contributed by atoms with Gasteiger partial charge in [-0.15, -0.1) is 0 Å². The number of hydrogen-bond donors (Lipinski definition) is 0. The van der Waals surface area contributed by atoms with Gasteiger partial charge in [0.1, 0.15) is 11.2 Å². The molecule has 0 radical (unpaired) electrons. The van der Waals surface area contributed by atoms with Crippen molar-refractivity contribution >= 4 is 32.0 Å². The summed E-state index contributed by atoms with van der Waals surface area (Å²) in [5, 5.41) is 0.695. The summed E-state index contributed by atoms with van der Waals surface area (Å²) in [5.41, 5.74) is 0.622. The predicted molar refractivity (Wildman–Crippen MR) is 80.9 cm³/mol. The van der Waals surface area contributed by atoms with Crippen LogP contribution in [0, 0.1) is 0 Å². The van der Waals surface area contributed by atoms with Gasteiger partial charge in [0.15, 0.2) is 0 Å². The highest BCUT2D eigenvalue weighted by molar-refractivity contribution is 7.89. The van der Waals surface area contributed by atoms with E-state index in [1.165, 1.54) is 32.3 Å². The molecule has 0 aliphatic rings. The Morgan fingerprint density at radius 1 is 0.952 bits per heavy atom. The monoisotopic (exact) mass is 303 g/mol. The highest BCUT2D eigenvalue weighted by Crippen LogP contribution is 2.22. The van der Waals surface area contributed by atoms with Gasteiger partial charge in [0.25, 0.3) is 0 Å². The number of para-hydroxylation sites is 1. The standard InChI is InChI=1S/C15H13NO4S/c1-16(2)21(18,19)10-7-8-14-12(9-10)15(17)11-5-3-4-6-13(11)20-14/h3-9H,1-2H3. The van der Waals surface area contributed by atoms with E-state index in [9.17, 15) is 13.2 Å². The Morgan fingerprint density at radius 3 is 2.33 bits per heavy atom. The molecule has 3 aromatic rings. The molecule has 0 saturated heterocycles. The third kappa shape index (κ3) is 2.12. The van der Waals surface area contributed by atoms with E-state index >= 15 is 0 Å². The second-order valence-electron chi connectivity index (χ2n) is 4.87. The van der Waals surface area contributed by atoms with Gasteiger partial charge in [-0.05, 0) is 30.3 Å². The third-order valence-corrected chi connectivity index (χ3v) is 5.14. The topological polar surface area (TPSA) is 67.6 Å². The summed E-state index contributed by atoms with van der Waals surface area (Å²) in [7, 11) is -0.692. The summed E-state index contributed by atoms with van der Waals surface area (Å²) in [6, 6.07) is 11.2. The first kappa shape index (κ1) is 13.8. The van der Waals surface area contributed by atoms with Crippen molar-refractivity contribution < 1.29 is 12.8 Å². The summed E-state index contributed by atoms with van der Waals surface area (Å²) >= 11 is 0. The molecule has 0 amide bonds. The van der Waals surface area contributed by atoms with Crippen molar-refractivity contribution in [1.29, 1.82) is 0 Å². The highest BCUT2D eigenvalue weighted by Gasteiger charge is 2.19. The summed E-state index contributed by atoms with van der Waals surface area (Å²) in [4.78, 5) is 12.5. The summed E-state index contributed by atoms with van der Waals surface area (Å²) in [5.74, 6) is 0. The molecule has 0 unspecified atom stereocenters. The van der Waals surface area contributed by atoms with E-state index in [4.69, 9.17) is 4.42 Å². The van der Waals surface area contributed by atoms with E-state index in [2.05, 4.69) is 0 Å². The number of sulfonamides is 1. The smallest absolute Gasteiger partial charge is 0.242 e. The van der Waals surface area contributed by atoms with E-state index in [0.717, 1.165) is 4.31 Å². The van der Waals surface area contributed by atoms with Crippen LogP contribution in [-0.2, 0) is 10.0 Å². The van der Waals surface area contributed by atoms with Crippen LogP contribution in [0.1, 0.15) is 0 Å². The zero-order valence-electron chi connectivity index (χ0n) is 11.5. The van der Waals surface area contributed by atoms with Crippen LogP contribution >= 0.6 is 0 Å². The Balaban J connectivity index is 2.40. The molecule has 0 aliphatic carbocycles. The average molecular weight is 303 g/mol. The van der Waals surface area contributed by atoms with Crippen molar-refractivity contribution in [3.8, 4) is 0 Å². The number of fused-ring (bicyclic) bond motifs is 2. The Morgan fingerprint density at radius 2 is 1.62 bits per heavy atom. The van der Waals surface area contributed by atoms with E-state index in [-0.39, 0.29) is 15.7 Å². The molecule has 0 saturated carbocycles. The molecule has 0 bridgehead atoms. The van der Waals surface area contributed by atoms with Gasteiger partial charge in [-0.2, -0.15) is 0 Å². The maximum atomic E-state index is 12.5. The lowest BCUT2D eigenvalue weighted by atomic mass is 10.1. The molecule has 6 heteroatoms. The van der Waals surface area contributed by atoms with Crippen LogP contribution in [-0.4, -0.2) is 26.8 Å². The molecule has 1 heterocycles. The van der Waals surface area contributed by atoms with Gasteiger partial charge in [0.2, 0.25) is 15.5 Å². The van der Waals surface area contributed by atoms with Crippen molar-refractivity contribution in [3.63, 3.8) is 0 Å². The molecule has 0 spiro atoms. The molecule has 21 heavy (non-hydrogen) atoms. The van der Waals surface area contributed by atoms with E-state index < -0.39 is 10.0 Å². The number of rotatable bonds is 2. The minimum Gasteiger partial charge on any atom is -0.456 e. The van der Waals surface area contributed by atoms with Crippen LogP contribution in [0.3, 0.4) is 0 Å². The minimum absolute atomic E-state index is 0.0718. The van der Waals surface area contributed by atoms with Gasteiger partial charge in [-0.1, -0.05) is 12.1 Å². The zero-order chi connectivity index (χ0) is 15.2. The van der Waals surface area contributed by atoms with Crippen LogP contribution < -0.4 is 5.43 Å².